The molecule has 1 aliphatic heterocycles. The Hall–Kier alpha value is -0.610. The van der Waals surface area contributed by atoms with Crippen LogP contribution in [-0.4, -0.2) is 36.4 Å². The van der Waals surface area contributed by atoms with Gasteiger partial charge in [0.2, 0.25) is 5.91 Å². The maximum atomic E-state index is 12.0. The maximum absolute atomic E-state index is 12.0. The van der Waals surface area contributed by atoms with Crippen LogP contribution in [0.3, 0.4) is 0 Å². The molecular weight excluding hydrogens is 218 g/mol. The van der Waals surface area contributed by atoms with Gasteiger partial charge in [-0.05, 0) is 25.7 Å². The molecule has 17 heavy (non-hydrogen) atoms. The van der Waals surface area contributed by atoms with Crippen LogP contribution in [0.15, 0.2) is 0 Å². The van der Waals surface area contributed by atoms with E-state index in [9.17, 15) is 9.90 Å². The standard InChI is InChI=1S/C13H25NO3/c1-4-6-13(3,16)9-14-12(15)11-5-7-17-8-10(11)2/h10-11,16H,4-9H2,1-3H3,(H,14,15). The minimum Gasteiger partial charge on any atom is -0.388 e. The van der Waals surface area contributed by atoms with Crippen molar-refractivity contribution in [3.8, 4) is 0 Å². The van der Waals surface area contributed by atoms with Crippen LogP contribution in [0.1, 0.15) is 40.0 Å². The minimum atomic E-state index is -0.793. The quantitative estimate of drug-likeness (QED) is 0.766. The van der Waals surface area contributed by atoms with Gasteiger partial charge in [-0.2, -0.15) is 0 Å². The van der Waals surface area contributed by atoms with Crippen molar-refractivity contribution in [1.29, 1.82) is 0 Å². The topological polar surface area (TPSA) is 58.6 Å². The number of aliphatic hydroxyl groups is 1. The third-order valence-corrected chi connectivity index (χ3v) is 3.41. The molecule has 1 rings (SSSR count). The zero-order valence-electron chi connectivity index (χ0n) is 11.2. The first-order valence-corrected chi connectivity index (χ1v) is 6.54. The fourth-order valence-corrected chi connectivity index (χ4v) is 2.31. The number of rotatable bonds is 5. The van der Waals surface area contributed by atoms with Crippen molar-refractivity contribution < 1.29 is 14.6 Å². The van der Waals surface area contributed by atoms with Gasteiger partial charge in [0.25, 0.3) is 0 Å². The van der Waals surface area contributed by atoms with E-state index in [1.54, 1.807) is 6.92 Å². The van der Waals surface area contributed by atoms with E-state index in [0.29, 0.717) is 26.2 Å². The molecule has 3 unspecified atom stereocenters. The molecule has 100 valence electrons. The van der Waals surface area contributed by atoms with Crippen LogP contribution in [0, 0.1) is 11.8 Å². The van der Waals surface area contributed by atoms with Crippen molar-refractivity contribution in [2.75, 3.05) is 19.8 Å². The third kappa shape index (κ3) is 4.64. The molecule has 2 N–H and O–H groups in total. The predicted octanol–water partition coefficient (Wildman–Crippen LogP) is 1.33. The Morgan fingerprint density at radius 1 is 1.59 bits per heavy atom. The molecule has 4 nitrogen and oxygen atoms in total. The molecular formula is C13H25NO3. The highest BCUT2D eigenvalue weighted by molar-refractivity contribution is 5.79. The third-order valence-electron chi connectivity index (χ3n) is 3.41. The monoisotopic (exact) mass is 243 g/mol. The summed E-state index contributed by atoms with van der Waals surface area (Å²) in [5.41, 5.74) is -0.793. The number of ether oxygens (including phenoxy) is 1. The smallest absolute Gasteiger partial charge is 0.223 e. The maximum Gasteiger partial charge on any atom is 0.223 e. The van der Waals surface area contributed by atoms with Gasteiger partial charge in [-0.1, -0.05) is 20.3 Å². The molecule has 0 aromatic carbocycles. The van der Waals surface area contributed by atoms with Crippen LogP contribution in [0.2, 0.25) is 0 Å². The molecule has 1 saturated heterocycles. The minimum absolute atomic E-state index is 0.0289. The van der Waals surface area contributed by atoms with Crippen LogP contribution in [-0.2, 0) is 9.53 Å². The normalized spacial score (nSPS) is 28.5. The molecule has 4 heteroatoms. The lowest BCUT2D eigenvalue weighted by atomic mass is 9.89. The largest absolute Gasteiger partial charge is 0.388 e. The number of carbonyl (C=O) groups is 1. The van der Waals surface area contributed by atoms with E-state index < -0.39 is 5.60 Å². The fourth-order valence-electron chi connectivity index (χ4n) is 2.31. The Kier molecular flexibility index (Phi) is 5.40. The summed E-state index contributed by atoms with van der Waals surface area (Å²) < 4.78 is 5.32. The van der Waals surface area contributed by atoms with Gasteiger partial charge < -0.3 is 15.2 Å². The van der Waals surface area contributed by atoms with Gasteiger partial charge in [-0.3, -0.25) is 4.79 Å². The molecule has 0 bridgehead atoms. The summed E-state index contributed by atoms with van der Waals surface area (Å²) in [6.45, 7) is 7.48. The zero-order chi connectivity index (χ0) is 12.9. The van der Waals surface area contributed by atoms with E-state index in [4.69, 9.17) is 4.74 Å². The molecule has 1 fully saturated rings. The summed E-state index contributed by atoms with van der Waals surface area (Å²) in [5, 5.41) is 12.9. The highest BCUT2D eigenvalue weighted by Crippen LogP contribution is 2.21. The van der Waals surface area contributed by atoms with Crippen LogP contribution < -0.4 is 5.32 Å². The first-order chi connectivity index (χ1) is 7.96. The van der Waals surface area contributed by atoms with E-state index >= 15 is 0 Å². The van der Waals surface area contributed by atoms with Crippen molar-refractivity contribution in [2.45, 2.75) is 45.6 Å². The average Bonchev–Trinajstić information content (AvgIpc) is 2.27. The number of nitrogens with one attached hydrogen (secondary N) is 1. The van der Waals surface area contributed by atoms with E-state index in [1.807, 2.05) is 13.8 Å². The first-order valence-electron chi connectivity index (χ1n) is 6.54. The van der Waals surface area contributed by atoms with Gasteiger partial charge in [0.05, 0.1) is 5.60 Å². The summed E-state index contributed by atoms with van der Waals surface area (Å²) in [6, 6.07) is 0. The first kappa shape index (κ1) is 14.5. The summed E-state index contributed by atoms with van der Waals surface area (Å²) in [4.78, 5) is 12.0. The Balaban J connectivity index is 2.38. The van der Waals surface area contributed by atoms with E-state index in [2.05, 4.69) is 5.32 Å². The van der Waals surface area contributed by atoms with Crippen molar-refractivity contribution >= 4 is 5.91 Å². The molecule has 0 aromatic rings. The lowest BCUT2D eigenvalue weighted by Crippen LogP contribution is -2.45. The Morgan fingerprint density at radius 3 is 2.88 bits per heavy atom. The SMILES string of the molecule is CCCC(C)(O)CNC(=O)C1CCOCC1C. The Bertz CT molecular complexity index is 253. The number of hydrogen-bond acceptors (Lipinski definition) is 3. The molecule has 0 radical (unpaired) electrons. The van der Waals surface area contributed by atoms with Crippen molar-refractivity contribution in [2.24, 2.45) is 11.8 Å². The molecule has 1 amide bonds. The molecule has 0 saturated carbocycles. The fraction of sp³-hybridized carbons (Fsp3) is 0.923. The van der Waals surface area contributed by atoms with Crippen LogP contribution >= 0.6 is 0 Å². The van der Waals surface area contributed by atoms with Crippen LogP contribution in [0.4, 0.5) is 0 Å². The van der Waals surface area contributed by atoms with Crippen molar-refractivity contribution in [3.63, 3.8) is 0 Å². The predicted molar refractivity (Wildman–Crippen MR) is 66.6 cm³/mol. The molecule has 1 aliphatic rings. The van der Waals surface area contributed by atoms with Gasteiger partial charge in [0.15, 0.2) is 0 Å². The van der Waals surface area contributed by atoms with E-state index in [0.717, 1.165) is 12.8 Å². The average molecular weight is 243 g/mol. The van der Waals surface area contributed by atoms with Crippen molar-refractivity contribution in [3.05, 3.63) is 0 Å². The highest BCUT2D eigenvalue weighted by Gasteiger charge is 2.29. The number of hydrogen-bond donors (Lipinski definition) is 2. The van der Waals surface area contributed by atoms with Gasteiger partial charge in [0, 0.05) is 25.7 Å². The summed E-state index contributed by atoms with van der Waals surface area (Å²) in [6.07, 6.45) is 2.40. The molecule has 0 aromatic heterocycles. The second kappa shape index (κ2) is 6.36. The summed E-state index contributed by atoms with van der Waals surface area (Å²) in [5.74, 6) is 0.346. The van der Waals surface area contributed by atoms with Crippen LogP contribution in [0.25, 0.3) is 0 Å². The molecule has 0 aliphatic carbocycles. The number of carbonyl (C=O) groups excluding carboxylic acids is 1. The Morgan fingerprint density at radius 2 is 2.29 bits per heavy atom. The highest BCUT2D eigenvalue weighted by atomic mass is 16.5. The lowest BCUT2D eigenvalue weighted by Gasteiger charge is -2.29. The van der Waals surface area contributed by atoms with E-state index in [1.165, 1.54) is 0 Å². The zero-order valence-corrected chi connectivity index (χ0v) is 11.2. The number of amides is 1. The lowest BCUT2D eigenvalue weighted by molar-refractivity contribution is -0.131. The van der Waals surface area contributed by atoms with Crippen molar-refractivity contribution in [1.82, 2.24) is 5.32 Å². The van der Waals surface area contributed by atoms with Gasteiger partial charge in [-0.15, -0.1) is 0 Å². The van der Waals surface area contributed by atoms with Gasteiger partial charge in [-0.25, -0.2) is 0 Å². The van der Waals surface area contributed by atoms with E-state index in [-0.39, 0.29) is 17.7 Å². The molecule has 0 spiro atoms. The van der Waals surface area contributed by atoms with Crippen LogP contribution in [0.5, 0.6) is 0 Å². The molecule has 3 atom stereocenters. The van der Waals surface area contributed by atoms with Gasteiger partial charge in [0.1, 0.15) is 0 Å². The Labute approximate surface area is 104 Å². The second-order valence-electron chi connectivity index (χ2n) is 5.41. The molecule has 1 heterocycles. The summed E-state index contributed by atoms with van der Waals surface area (Å²) in [7, 11) is 0. The second-order valence-corrected chi connectivity index (χ2v) is 5.41. The summed E-state index contributed by atoms with van der Waals surface area (Å²) >= 11 is 0. The van der Waals surface area contributed by atoms with Gasteiger partial charge >= 0.3 is 0 Å².